The summed E-state index contributed by atoms with van der Waals surface area (Å²) in [5, 5.41) is 11.9. The van der Waals surface area contributed by atoms with Crippen molar-refractivity contribution in [3.63, 3.8) is 0 Å². The van der Waals surface area contributed by atoms with Gasteiger partial charge in [0.15, 0.2) is 0 Å². The van der Waals surface area contributed by atoms with Crippen molar-refractivity contribution in [2.75, 3.05) is 0 Å². The van der Waals surface area contributed by atoms with Crippen molar-refractivity contribution in [1.82, 2.24) is 5.32 Å². The summed E-state index contributed by atoms with van der Waals surface area (Å²) in [6.07, 6.45) is 0. The van der Waals surface area contributed by atoms with Crippen LogP contribution >= 0.6 is 0 Å². The molecule has 2 N–H and O–H groups in total. The minimum Gasteiger partial charge on any atom is -0.508 e. The Morgan fingerprint density at radius 2 is 1.68 bits per heavy atom. The van der Waals surface area contributed by atoms with Crippen molar-refractivity contribution in [2.45, 2.75) is 6.54 Å². The number of phenolic OH excluding ortho intramolecular Hbond substituents is 1. The van der Waals surface area contributed by atoms with E-state index in [4.69, 9.17) is 0 Å². The smallest absolute Gasteiger partial charge is 0.257 e. The molecule has 0 unspecified atom stereocenters. The maximum atomic E-state index is 13.4. The van der Waals surface area contributed by atoms with Crippen molar-refractivity contribution in [3.8, 4) is 5.75 Å². The van der Waals surface area contributed by atoms with Gasteiger partial charge in [0, 0.05) is 12.1 Å². The number of phenols is 1. The zero-order chi connectivity index (χ0) is 13.8. The Bertz CT molecular complexity index is 594. The molecule has 0 aliphatic carbocycles. The molecule has 2 rings (SSSR count). The number of nitrogens with one attached hydrogen (secondary N) is 1. The lowest BCUT2D eigenvalue weighted by molar-refractivity contribution is 0.0942. The summed E-state index contributed by atoms with van der Waals surface area (Å²) in [4.78, 5) is 11.7. The molecule has 1 amide bonds. The average Bonchev–Trinajstić information content (AvgIpc) is 2.37. The molecule has 0 aromatic heterocycles. The number of aromatic hydroxyl groups is 1. The second-order valence-corrected chi connectivity index (χ2v) is 3.91. The monoisotopic (exact) mass is 263 g/mol. The molecule has 2 aromatic rings. The zero-order valence-electron chi connectivity index (χ0n) is 9.86. The predicted octanol–water partition coefficient (Wildman–Crippen LogP) is 2.60. The number of hydrogen-bond donors (Lipinski definition) is 2. The number of carbonyl (C=O) groups is 1. The van der Waals surface area contributed by atoms with E-state index in [1.54, 1.807) is 18.2 Å². The van der Waals surface area contributed by atoms with Crippen molar-refractivity contribution in [2.24, 2.45) is 0 Å². The summed E-state index contributed by atoms with van der Waals surface area (Å²) in [5.41, 5.74) is -0.162. The number of amides is 1. The van der Waals surface area contributed by atoms with E-state index < -0.39 is 23.1 Å². The number of hydrogen-bond acceptors (Lipinski definition) is 2. The van der Waals surface area contributed by atoms with Crippen LogP contribution in [0.5, 0.6) is 5.75 Å². The summed E-state index contributed by atoms with van der Waals surface area (Å²) in [7, 11) is 0. The first-order valence-corrected chi connectivity index (χ1v) is 5.58. The van der Waals surface area contributed by atoms with E-state index in [-0.39, 0.29) is 12.3 Å². The largest absolute Gasteiger partial charge is 0.508 e. The van der Waals surface area contributed by atoms with Gasteiger partial charge in [-0.25, -0.2) is 8.78 Å². The van der Waals surface area contributed by atoms with Crippen LogP contribution in [0.1, 0.15) is 15.9 Å². The van der Waals surface area contributed by atoms with Crippen molar-refractivity contribution < 1.29 is 18.7 Å². The van der Waals surface area contributed by atoms with Crippen LogP contribution in [0.25, 0.3) is 0 Å². The molecule has 0 aliphatic heterocycles. The maximum Gasteiger partial charge on any atom is 0.257 e. The van der Waals surface area contributed by atoms with Crippen LogP contribution in [-0.4, -0.2) is 11.0 Å². The molecule has 5 heteroatoms. The Hall–Kier alpha value is -2.43. The van der Waals surface area contributed by atoms with Gasteiger partial charge >= 0.3 is 0 Å². The first-order valence-electron chi connectivity index (χ1n) is 5.58. The Balaban J connectivity index is 2.13. The van der Waals surface area contributed by atoms with Gasteiger partial charge in [-0.3, -0.25) is 4.79 Å². The lowest BCUT2D eigenvalue weighted by atomic mass is 10.1. The van der Waals surface area contributed by atoms with Gasteiger partial charge in [0.05, 0.1) is 0 Å². The molecule has 0 spiro atoms. The fourth-order valence-electron chi connectivity index (χ4n) is 1.64. The third-order valence-electron chi connectivity index (χ3n) is 2.62. The van der Waals surface area contributed by atoms with Crippen LogP contribution in [0.4, 0.5) is 8.78 Å². The normalized spacial score (nSPS) is 10.2. The van der Waals surface area contributed by atoms with Crippen molar-refractivity contribution in [1.29, 1.82) is 0 Å². The van der Waals surface area contributed by atoms with Gasteiger partial charge in [0.25, 0.3) is 5.91 Å². The van der Waals surface area contributed by atoms with Gasteiger partial charge in [-0.15, -0.1) is 0 Å². The molecule has 0 bridgehead atoms. The maximum absolute atomic E-state index is 13.4. The SMILES string of the molecule is O=C(NCc1ccccc1O)c1c(F)cccc1F. The number of carbonyl (C=O) groups excluding carboxylic acids is 1. The first kappa shape index (κ1) is 13.0. The molecule has 0 atom stereocenters. The molecule has 3 nitrogen and oxygen atoms in total. The minimum atomic E-state index is -0.921. The van der Waals surface area contributed by atoms with E-state index in [1.165, 1.54) is 12.1 Å². The fraction of sp³-hybridized carbons (Fsp3) is 0.0714. The summed E-state index contributed by atoms with van der Waals surface area (Å²) >= 11 is 0. The molecule has 19 heavy (non-hydrogen) atoms. The summed E-state index contributed by atoms with van der Waals surface area (Å²) < 4.78 is 26.7. The quantitative estimate of drug-likeness (QED) is 0.894. The Labute approximate surface area is 108 Å². The highest BCUT2D eigenvalue weighted by atomic mass is 19.1. The minimum absolute atomic E-state index is 0.0109. The van der Waals surface area contributed by atoms with E-state index in [0.29, 0.717) is 5.56 Å². The number of benzene rings is 2. The van der Waals surface area contributed by atoms with Gasteiger partial charge < -0.3 is 10.4 Å². The Morgan fingerprint density at radius 1 is 1.05 bits per heavy atom. The molecule has 0 fully saturated rings. The van der Waals surface area contributed by atoms with E-state index in [9.17, 15) is 18.7 Å². The van der Waals surface area contributed by atoms with Gasteiger partial charge in [0.1, 0.15) is 22.9 Å². The highest BCUT2D eigenvalue weighted by Crippen LogP contribution is 2.16. The average molecular weight is 263 g/mol. The van der Waals surface area contributed by atoms with Crippen LogP contribution in [0.15, 0.2) is 42.5 Å². The van der Waals surface area contributed by atoms with Crippen LogP contribution < -0.4 is 5.32 Å². The second kappa shape index (κ2) is 5.48. The third kappa shape index (κ3) is 2.88. The van der Waals surface area contributed by atoms with Gasteiger partial charge in [0.2, 0.25) is 0 Å². The standard InChI is InChI=1S/C14H11F2NO2/c15-10-5-3-6-11(16)13(10)14(19)17-8-9-4-1-2-7-12(9)18/h1-7,18H,8H2,(H,17,19). The number of para-hydroxylation sites is 1. The van der Waals surface area contributed by atoms with Crippen LogP contribution in [-0.2, 0) is 6.54 Å². The molecule has 98 valence electrons. The van der Waals surface area contributed by atoms with Crippen LogP contribution in [0.3, 0.4) is 0 Å². The molecular weight excluding hydrogens is 252 g/mol. The highest BCUT2D eigenvalue weighted by molar-refractivity contribution is 5.94. The van der Waals surface area contributed by atoms with Crippen molar-refractivity contribution >= 4 is 5.91 Å². The molecule has 0 radical (unpaired) electrons. The first-order chi connectivity index (χ1) is 9.09. The molecule has 0 heterocycles. The molecule has 0 saturated carbocycles. The second-order valence-electron chi connectivity index (χ2n) is 3.91. The number of rotatable bonds is 3. The Kier molecular flexibility index (Phi) is 3.75. The Morgan fingerprint density at radius 3 is 2.32 bits per heavy atom. The fourth-order valence-corrected chi connectivity index (χ4v) is 1.64. The van der Waals surface area contributed by atoms with Gasteiger partial charge in [-0.1, -0.05) is 24.3 Å². The summed E-state index contributed by atoms with van der Waals surface area (Å²) in [5.74, 6) is -2.69. The lowest BCUT2D eigenvalue weighted by Crippen LogP contribution is -2.25. The topological polar surface area (TPSA) is 49.3 Å². The van der Waals surface area contributed by atoms with Crippen molar-refractivity contribution in [3.05, 3.63) is 65.2 Å². The van der Waals surface area contributed by atoms with Crippen LogP contribution in [0.2, 0.25) is 0 Å². The molecule has 2 aromatic carbocycles. The van der Waals surface area contributed by atoms with Crippen LogP contribution in [0, 0.1) is 11.6 Å². The number of halogens is 2. The van der Waals surface area contributed by atoms with E-state index in [1.807, 2.05) is 0 Å². The van der Waals surface area contributed by atoms with E-state index in [0.717, 1.165) is 12.1 Å². The third-order valence-corrected chi connectivity index (χ3v) is 2.62. The van der Waals surface area contributed by atoms with E-state index >= 15 is 0 Å². The lowest BCUT2D eigenvalue weighted by Gasteiger charge is -2.08. The molecule has 0 aliphatic rings. The molecular formula is C14H11F2NO2. The zero-order valence-corrected chi connectivity index (χ0v) is 9.86. The summed E-state index contributed by atoms with van der Waals surface area (Å²) in [6.45, 7) is -0.0146. The predicted molar refractivity (Wildman–Crippen MR) is 65.6 cm³/mol. The highest BCUT2D eigenvalue weighted by Gasteiger charge is 2.16. The molecule has 0 saturated heterocycles. The summed E-state index contributed by atoms with van der Waals surface area (Å²) in [6, 6.07) is 9.60. The van der Waals surface area contributed by atoms with Gasteiger partial charge in [-0.2, -0.15) is 0 Å². The van der Waals surface area contributed by atoms with E-state index in [2.05, 4.69) is 5.32 Å². The van der Waals surface area contributed by atoms with Gasteiger partial charge in [-0.05, 0) is 18.2 Å².